The van der Waals surface area contributed by atoms with Gasteiger partial charge in [0.1, 0.15) is 0 Å². The van der Waals surface area contributed by atoms with Gasteiger partial charge in [0.2, 0.25) is 22.9 Å². The molecule has 1 unspecified atom stereocenters. The van der Waals surface area contributed by atoms with Crippen molar-refractivity contribution in [1.29, 1.82) is 0 Å². The highest BCUT2D eigenvalue weighted by molar-refractivity contribution is 7.99. The number of carbonyl (C=O) groups is 3. The van der Waals surface area contributed by atoms with Crippen molar-refractivity contribution in [2.45, 2.75) is 18.5 Å². The van der Waals surface area contributed by atoms with E-state index in [1.807, 2.05) is 6.92 Å². The molecular formula is C17H19N5O4S. The van der Waals surface area contributed by atoms with E-state index in [2.05, 4.69) is 20.5 Å². The number of esters is 1. The normalized spacial score (nSPS) is 16.4. The van der Waals surface area contributed by atoms with Crippen LogP contribution in [0.15, 0.2) is 29.4 Å². The summed E-state index contributed by atoms with van der Waals surface area (Å²) in [5.41, 5.74) is 0.719. The number of aromatic amines is 1. The Labute approximate surface area is 159 Å². The first-order valence-electron chi connectivity index (χ1n) is 8.37. The van der Waals surface area contributed by atoms with Gasteiger partial charge in [0.25, 0.3) is 0 Å². The van der Waals surface area contributed by atoms with Gasteiger partial charge in [-0.15, -0.1) is 5.10 Å². The van der Waals surface area contributed by atoms with Crippen molar-refractivity contribution < 1.29 is 19.1 Å². The van der Waals surface area contributed by atoms with Gasteiger partial charge in [-0.2, -0.15) is 4.98 Å². The number of hydrogen-bond acceptors (Lipinski definition) is 7. The fourth-order valence-corrected chi connectivity index (χ4v) is 3.35. The standard InChI is InChI=1S/C17H19N5O4S/c1-3-27-17-19-16(20-21-17)18-14(24)10-8-13(23)22(9-10)12-7-5-4-6-11(12)15(25)26-2/h4-7,10H,3,8-9H2,1-2H3,(H2,18,19,20,21,24). The lowest BCUT2D eigenvalue weighted by Gasteiger charge is -2.19. The summed E-state index contributed by atoms with van der Waals surface area (Å²) < 4.78 is 4.77. The Balaban J connectivity index is 1.72. The van der Waals surface area contributed by atoms with E-state index in [4.69, 9.17) is 4.74 Å². The Morgan fingerprint density at radius 1 is 1.41 bits per heavy atom. The average molecular weight is 389 g/mol. The molecule has 1 aliphatic heterocycles. The molecule has 27 heavy (non-hydrogen) atoms. The Morgan fingerprint density at radius 3 is 2.93 bits per heavy atom. The van der Waals surface area contributed by atoms with E-state index in [1.165, 1.54) is 23.8 Å². The third-order valence-electron chi connectivity index (χ3n) is 4.08. The summed E-state index contributed by atoms with van der Waals surface area (Å²) in [7, 11) is 1.28. The third-order valence-corrected chi connectivity index (χ3v) is 4.81. The van der Waals surface area contributed by atoms with Gasteiger partial charge in [0, 0.05) is 13.0 Å². The molecule has 0 spiro atoms. The molecule has 10 heteroatoms. The number of aromatic nitrogens is 3. The smallest absolute Gasteiger partial charge is 0.339 e. The van der Waals surface area contributed by atoms with Crippen molar-refractivity contribution in [3.8, 4) is 0 Å². The predicted octanol–water partition coefficient (Wildman–Crippen LogP) is 1.69. The number of methoxy groups -OCH3 is 1. The van der Waals surface area contributed by atoms with E-state index in [1.54, 1.807) is 24.3 Å². The summed E-state index contributed by atoms with van der Waals surface area (Å²) in [5.74, 6) is -0.588. The van der Waals surface area contributed by atoms with Gasteiger partial charge in [-0.25, -0.2) is 9.89 Å². The number of rotatable bonds is 6. The van der Waals surface area contributed by atoms with Crippen LogP contribution in [0.2, 0.25) is 0 Å². The quantitative estimate of drug-likeness (QED) is 0.570. The zero-order valence-electron chi connectivity index (χ0n) is 14.9. The summed E-state index contributed by atoms with van der Waals surface area (Å²) in [4.78, 5) is 42.5. The van der Waals surface area contributed by atoms with Crippen LogP contribution < -0.4 is 10.2 Å². The number of anilines is 2. The lowest BCUT2D eigenvalue weighted by atomic mass is 10.1. The molecule has 1 aliphatic rings. The maximum atomic E-state index is 12.5. The first-order valence-corrected chi connectivity index (χ1v) is 9.35. The highest BCUT2D eigenvalue weighted by Gasteiger charge is 2.37. The molecule has 0 aliphatic carbocycles. The summed E-state index contributed by atoms with van der Waals surface area (Å²) in [6.45, 7) is 2.15. The van der Waals surface area contributed by atoms with Gasteiger partial charge in [-0.3, -0.25) is 14.9 Å². The van der Waals surface area contributed by atoms with Gasteiger partial charge in [0.05, 0.1) is 24.3 Å². The molecule has 2 amide bonds. The molecule has 3 rings (SSSR count). The molecule has 9 nitrogen and oxygen atoms in total. The van der Waals surface area contributed by atoms with Crippen LogP contribution in [0.4, 0.5) is 11.6 Å². The van der Waals surface area contributed by atoms with Gasteiger partial charge in [-0.1, -0.05) is 30.8 Å². The van der Waals surface area contributed by atoms with Crippen LogP contribution in [-0.4, -0.2) is 52.4 Å². The number of carbonyl (C=O) groups excluding carboxylic acids is 3. The second kappa shape index (κ2) is 8.21. The van der Waals surface area contributed by atoms with Gasteiger partial charge < -0.3 is 9.64 Å². The maximum Gasteiger partial charge on any atom is 0.339 e. The molecule has 2 N–H and O–H groups in total. The largest absolute Gasteiger partial charge is 0.465 e. The van der Waals surface area contributed by atoms with Gasteiger partial charge in [0.15, 0.2) is 0 Å². The molecule has 2 aromatic rings. The fourth-order valence-electron chi connectivity index (χ4n) is 2.82. The minimum Gasteiger partial charge on any atom is -0.465 e. The molecule has 2 heterocycles. The molecular weight excluding hydrogens is 370 g/mol. The number of benzene rings is 1. The number of thioether (sulfide) groups is 1. The van der Waals surface area contributed by atoms with E-state index in [-0.39, 0.29) is 36.3 Å². The average Bonchev–Trinajstić information content (AvgIpc) is 3.27. The van der Waals surface area contributed by atoms with Crippen molar-refractivity contribution in [2.75, 3.05) is 29.6 Å². The number of ether oxygens (including phenoxy) is 1. The molecule has 1 aromatic heterocycles. The first-order chi connectivity index (χ1) is 13.0. The van der Waals surface area contributed by atoms with Crippen LogP contribution in [0.25, 0.3) is 0 Å². The highest BCUT2D eigenvalue weighted by atomic mass is 32.2. The number of H-pyrrole nitrogens is 1. The number of nitrogens with one attached hydrogen (secondary N) is 2. The van der Waals surface area contributed by atoms with Crippen molar-refractivity contribution in [2.24, 2.45) is 5.92 Å². The predicted molar refractivity (Wildman–Crippen MR) is 99.7 cm³/mol. The number of para-hydroxylation sites is 1. The van der Waals surface area contributed by atoms with Crippen molar-refractivity contribution in [3.63, 3.8) is 0 Å². The Hall–Kier alpha value is -2.88. The van der Waals surface area contributed by atoms with Crippen LogP contribution in [0.1, 0.15) is 23.7 Å². The molecule has 142 valence electrons. The molecule has 0 radical (unpaired) electrons. The zero-order valence-corrected chi connectivity index (χ0v) is 15.7. The molecule has 1 aromatic carbocycles. The lowest BCUT2D eigenvalue weighted by molar-refractivity contribution is -0.122. The summed E-state index contributed by atoms with van der Waals surface area (Å²) in [5, 5.41) is 9.84. The Morgan fingerprint density at radius 2 is 2.19 bits per heavy atom. The SMILES string of the molecule is CCSc1n[nH]c(NC(=O)C2CC(=O)N(c3ccccc3C(=O)OC)C2)n1. The molecule has 1 atom stereocenters. The Kier molecular flexibility index (Phi) is 5.75. The number of amides is 2. The number of hydrogen-bond donors (Lipinski definition) is 2. The second-order valence-electron chi connectivity index (χ2n) is 5.80. The lowest BCUT2D eigenvalue weighted by Crippen LogP contribution is -2.29. The van der Waals surface area contributed by atoms with E-state index in [0.717, 1.165) is 5.75 Å². The Bertz CT molecular complexity index is 869. The van der Waals surface area contributed by atoms with Crippen molar-refractivity contribution in [3.05, 3.63) is 29.8 Å². The summed E-state index contributed by atoms with van der Waals surface area (Å²) >= 11 is 1.45. The zero-order chi connectivity index (χ0) is 19.4. The summed E-state index contributed by atoms with van der Waals surface area (Å²) in [6.07, 6.45) is 0.0477. The number of nitrogens with zero attached hydrogens (tertiary/aromatic N) is 3. The maximum absolute atomic E-state index is 12.5. The molecule has 0 bridgehead atoms. The molecule has 1 saturated heterocycles. The minimum atomic E-state index is -0.560. The molecule has 1 fully saturated rings. The van der Waals surface area contributed by atoms with E-state index in [0.29, 0.717) is 10.8 Å². The van der Waals surface area contributed by atoms with Gasteiger partial charge in [-0.05, 0) is 17.9 Å². The third kappa shape index (κ3) is 4.11. The first kappa shape index (κ1) is 18.9. The van der Waals surface area contributed by atoms with Crippen molar-refractivity contribution >= 4 is 41.2 Å². The van der Waals surface area contributed by atoms with Gasteiger partial charge >= 0.3 is 5.97 Å². The molecule has 0 saturated carbocycles. The van der Waals surface area contributed by atoms with Crippen LogP contribution in [0.3, 0.4) is 0 Å². The van der Waals surface area contributed by atoms with Crippen LogP contribution in [0, 0.1) is 5.92 Å². The van der Waals surface area contributed by atoms with Crippen molar-refractivity contribution in [1.82, 2.24) is 15.2 Å². The van der Waals surface area contributed by atoms with Crippen LogP contribution in [-0.2, 0) is 14.3 Å². The van der Waals surface area contributed by atoms with E-state index >= 15 is 0 Å². The minimum absolute atomic E-state index is 0.0477. The summed E-state index contributed by atoms with van der Waals surface area (Å²) in [6, 6.07) is 6.67. The van der Waals surface area contributed by atoms with E-state index in [9.17, 15) is 14.4 Å². The monoisotopic (exact) mass is 389 g/mol. The topological polar surface area (TPSA) is 117 Å². The second-order valence-corrected chi connectivity index (χ2v) is 7.03. The van der Waals surface area contributed by atoms with Crippen LogP contribution >= 0.6 is 11.8 Å². The van der Waals surface area contributed by atoms with E-state index < -0.39 is 11.9 Å². The van der Waals surface area contributed by atoms with Crippen LogP contribution in [0.5, 0.6) is 0 Å². The fraction of sp³-hybridized carbons (Fsp3) is 0.353. The highest BCUT2D eigenvalue weighted by Crippen LogP contribution is 2.29.